The number of carbonyl (C=O) groups excluding carboxylic acids is 2. The van der Waals surface area contributed by atoms with Crippen LogP contribution < -0.4 is 10.2 Å². The summed E-state index contributed by atoms with van der Waals surface area (Å²) in [6.07, 6.45) is 0. The molecule has 0 unspecified atom stereocenters. The summed E-state index contributed by atoms with van der Waals surface area (Å²) in [6, 6.07) is 10.0. The second-order valence-corrected chi connectivity index (χ2v) is 4.71. The molecule has 0 saturated carbocycles. The van der Waals surface area contributed by atoms with Crippen molar-refractivity contribution in [3.8, 4) is 0 Å². The van der Waals surface area contributed by atoms with Gasteiger partial charge in [0.25, 0.3) is 0 Å². The second-order valence-electron chi connectivity index (χ2n) is 4.71. The van der Waals surface area contributed by atoms with Gasteiger partial charge in [0.1, 0.15) is 6.54 Å². The first-order valence-corrected chi connectivity index (χ1v) is 6.66. The molecule has 0 aliphatic rings. The maximum Gasteiger partial charge on any atom is 0.244 e. The highest BCUT2D eigenvalue weighted by Crippen LogP contribution is 2.20. The Balaban J connectivity index is 2.15. The Kier molecular flexibility index (Phi) is 5.00. The number of nitrogens with zero attached hydrogens (tertiary/aromatic N) is 1. The number of carbonyl (C=O) groups is 2. The van der Waals surface area contributed by atoms with Crippen molar-refractivity contribution in [2.24, 2.45) is 0 Å². The van der Waals surface area contributed by atoms with E-state index in [1.807, 2.05) is 0 Å². The number of rotatable bonds is 4. The third-order valence-corrected chi connectivity index (χ3v) is 3.06. The molecule has 0 heterocycles. The Morgan fingerprint density at radius 2 is 1.65 bits per heavy atom. The summed E-state index contributed by atoms with van der Waals surface area (Å²) in [7, 11) is 0. The highest BCUT2D eigenvalue weighted by atomic mass is 19.2. The van der Waals surface area contributed by atoms with Gasteiger partial charge in [-0.25, -0.2) is 13.2 Å². The minimum absolute atomic E-state index is 0.391. The lowest BCUT2D eigenvalue weighted by Crippen LogP contribution is -2.36. The number of benzene rings is 2. The second kappa shape index (κ2) is 6.95. The predicted molar refractivity (Wildman–Crippen MR) is 79.4 cm³/mol. The van der Waals surface area contributed by atoms with Gasteiger partial charge in [-0.15, -0.1) is 0 Å². The highest BCUT2D eigenvalue weighted by Gasteiger charge is 2.19. The number of hydrogen-bond acceptors (Lipinski definition) is 2. The summed E-state index contributed by atoms with van der Waals surface area (Å²) < 4.78 is 39.5. The molecule has 2 aromatic carbocycles. The molecule has 0 atom stereocenters. The van der Waals surface area contributed by atoms with Crippen LogP contribution >= 0.6 is 0 Å². The monoisotopic (exact) mass is 322 g/mol. The summed E-state index contributed by atoms with van der Waals surface area (Å²) in [4.78, 5) is 24.8. The Bertz CT molecular complexity index is 736. The van der Waals surface area contributed by atoms with E-state index in [9.17, 15) is 22.8 Å². The molecule has 4 nitrogen and oxygen atoms in total. The minimum atomic E-state index is -1.67. The van der Waals surface area contributed by atoms with Crippen LogP contribution in [0.15, 0.2) is 42.5 Å². The fourth-order valence-electron chi connectivity index (χ4n) is 1.95. The molecule has 0 saturated heterocycles. The number of amides is 2. The third-order valence-electron chi connectivity index (χ3n) is 3.06. The molecular weight excluding hydrogens is 309 g/mol. The largest absolute Gasteiger partial charge is 0.322 e. The molecule has 0 aromatic heterocycles. The van der Waals surface area contributed by atoms with Gasteiger partial charge in [0, 0.05) is 12.6 Å². The molecule has 2 rings (SSSR count). The maximum absolute atomic E-state index is 13.5. The number of anilines is 2. The number of para-hydroxylation sites is 1. The summed E-state index contributed by atoms with van der Waals surface area (Å²) in [6.45, 7) is 0.885. The van der Waals surface area contributed by atoms with Crippen molar-refractivity contribution in [2.45, 2.75) is 6.92 Å². The zero-order valence-electron chi connectivity index (χ0n) is 12.1. The van der Waals surface area contributed by atoms with Gasteiger partial charge in [-0.3, -0.25) is 9.59 Å². The summed E-state index contributed by atoms with van der Waals surface area (Å²) in [5, 5.41) is 2.12. The van der Waals surface area contributed by atoms with E-state index in [-0.39, 0.29) is 0 Å². The quantitative estimate of drug-likeness (QED) is 0.880. The zero-order valence-corrected chi connectivity index (χ0v) is 12.1. The molecule has 0 bridgehead atoms. The smallest absolute Gasteiger partial charge is 0.244 e. The molecular formula is C16H13F3N2O2. The molecule has 0 fully saturated rings. The van der Waals surface area contributed by atoms with Crippen molar-refractivity contribution in [2.75, 3.05) is 16.8 Å². The van der Waals surface area contributed by atoms with Gasteiger partial charge < -0.3 is 10.2 Å². The van der Waals surface area contributed by atoms with Crippen LogP contribution in [0.1, 0.15) is 6.92 Å². The first-order chi connectivity index (χ1) is 10.9. The van der Waals surface area contributed by atoms with Crippen LogP contribution in [-0.4, -0.2) is 18.4 Å². The maximum atomic E-state index is 13.5. The SMILES string of the molecule is CC(=O)N(CC(=O)Nc1ccc(F)c(F)c1F)c1ccccc1. The molecule has 7 heteroatoms. The Labute approximate surface area is 130 Å². The summed E-state index contributed by atoms with van der Waals surface area (Å²) in [5.74, 6) is -5.65. The fourth-order valence-corrected chi connectivity index (χ4v) is 1.95. The van der Waals surface area contributed by atoms with Gasteiger partial charge in [0.05, 0.1) is 5.69 Å². The van der Waals surface area contributed by atoms with Gasteiger partial charge >= 0.3 is 0 Å². The lowest BCUT2D eigenvalue weighted by molar-refractivity contribution is -0.120. The molecule has 2 aromatic rings. The van der Waals surface area contributed by atoms with E-state index in [0.29, 0.717) is 11.8 Å². The zero-order chi connectivity index (χ0) is 17.0. The highest BCUT2D eigenvalue weighted by molar-refractivity contribution is 6.01. The van der Waals surface area contributed by atoms with Crippen LogP contribution in [0.3, 0.4) is 0 Å². The average Bonchev–Trinajstić information content (AvgIpc) is 2.54. The van der Waals surface area contributed by atoms with E-state index < -0.39 is 41.5 Å². The van der Waals surface area contributed by atoms with Crippen molar-refractivity contribution < 1.29 is 22.8 Å². The van der Waals surface area contributed by atoms with Gasteiger partial charge in [-0.05, 0) is 24.3 Å². The molecule has 1 N–H and O–H groups in total. The molecule has 0 spiro atoms. The van der Waals surface area contributed by atoms with Crippen LogP contribution in [0.25, 0.3) is 0 Å². The molecule has 23 heavy (non-hydrogen) atoms. The average molecular weight is 322 g/mol. The molecule has 120 valence electrons. The van der Waals surface area contributed by atoms with Crippen LogP contribution in [0.2, 0.25) is 0 Å². The van der Waals surface area contributed by atoms with Crippen molar-refractivity contribution in [3.63, 3.8) is 0 Å². The molecule has 0 aliphatic carbocycles. The van der Waals surface area contributed by atoms with Crippen LogP contribution in [0.4, 0.5) is 24.5 Å². The molecule has 0 aliphatic heterocycles. The topological polar surface area (TPSA) is 49.4 Å². The van der Waals surface area contributed by atoms with E-state index in [2.05, 4.69) is 5.32 Å². The van der Waals surface area contributed by atoms with E-state index in [0.717, 1.165) is 6.07 Å². The molecule has 2 amide bonds. The van der Waals surface area contributed by atoms with Gasteiger partial charge in [-0.2, -0.15) is 0 Å². The Morgan fingerprint density at radius 1 is 1.00 bits per heavy atom. The van der Waals surface area contributed by atoms with Crippen molar-refractivity contribution in [3.05, 3.63) is 59.9 Å². The number of halogens is 3. The number of hydrogen-bond donors (Lipinski definition) is 1. The summed E-state index contributed by atoms with van der Waals surface area (Å²) in [5.41, 5.74) is -0.00799. The van der Waals surface area contributed by atoms with E-state index in [4.69, 9.17) is 0 Å². The van der Waals surface area contributed by atoms with Crippen LogP contribution in [-0.2, 0) is 9.59 Å². The van der Waals surface area contributed by atoms with Gasteiger partial charge in [0.15, 0.2) is 17.5 Å². The Hall–Kier alpha value is -2.83. The van der Waals surface area contributed by atoms with Crippen LogP contribution in [0.5, 0.6) is 0 Å². The van der Waals surface area contributed by atoms with Gasteiger partial charge in [-0.1, -0.05) is 18.2 Å². The minimum Gasteiger partial charge on any atom is -0.322 e. The van der Waals surface area contributed by atoms with E-state index >= 15 is 0 Å². The lowest BCUT2D eigenvalue weighted by atomic mass is 10.2. The fraction of sp³-hybridized carbons (Fsp3) is 0.125. The number of nitrogens with one attached hydrogen (secondary N) is 1. The molecule has 0 radical (unpaired) electrons. The summed E-state index contributed by atoms with van der Waals surface area (Å²) >= 11 is 0. The normalized spacial score (nSPS) is 10.3. The first-order valence-electron chi connectivity index (χ1n) is 6.66. The van der Waals surface area contributed by atoms with Crippen molar-refractivity contribution in [1.82, 2.24) is 0 Å². The third kappa shape index (κ3) is 3.88. The van der Waals surface area contributed by atoms with Crippen LogP contribution in [0, 0.1) is 17.5 Å². The van der Waals surface area contributed by atoms with E-state index in [1.165, 1.54) is 11.8 Å². The van der Waals surface area contributed by atoms with Crippen molar-refractivity contribution in [1.29, 1.82) is 0 Å². The van der Waals surface area contributed by atoms with E-state index in [1.54, 1.807) is 30.3 Å². The van der Waals surface area contributed by atoms with Crippen molar-refractivity contribution >= 4 is 23.2 Å². The predicted octanol–water partition coefficient (Wildman–Crippen LogP) is 3.10. The first kappa shape index (κ1) is 16.5. The lowest BCUT2D eigenvalue weighted by Gasteiger charge is -2.20. The van der Waals surface area contributed by atoms with Gasteiger partial charge in [0.2, 0.25) is 11.8 Å². The Morgan fingerprint density at radius 3 is 2.26 bits per heavy atom. The standard InChI is InChI=1S/C16H13F3N2O2/c1-10(22)21(11-5-3-2-4-6-11)9-14(23)20-13-8-7-12(17)15(18)16(13)19/h2-8H,9H2,1H3,(H,20,23).